The predicted molar refractivity (Wildman–Crippen MR) is 195 cm³/mol. The topological polar surface area (TPSA) is 164 Å². The Morgan fingerprint density at radius 1 is 1.04 bits per heavy atom. The summed E-state index contributed by atoms with van der Waals surface area (Å²) in [5.41, 5.74) is -0.253. The highest BCUT2D eigenvalue weighted by atomic mass is 28.3. The number of carbonyl (C=O) groups is 4. The zero-order valence-corrected chi connectivity index (χ0v) is 31.7. The lowest BCUT2D eigenvalue weighted by Crippen LogP contribution is -2.49. The molecule has 2 aliphatic heterocycles. The van der Waals surface area contributed by atoms with Crippen molar-refractivity contribution < 1.29 is 38.1 Å². The molecule has 13 nitrogen and oxygen atoms in total. The SMILES string of the molecule is C=CC[Si](C)(C)c1c2c(nc3ccc(NC(=O)OC(C)(C)C)cc13)-c1cc3c(c(=O)n1C2)COC(=O)C3(CC)OC(=O)CNC(=O)OC(C)(C)C. The fourth-order valence-corrected chi connectivity index (χ4v) is 9.53. The minimum absolute atomic E-state index is 0.0319. The number of anilines is 1. The number of benzene rings is 1. The van der Waals surface area contributed by atoms with Crippen LogP contribution in [-0.2, 0) is 47.3 Å². The second-order valence-corrected chi connectivity index (χ2v) is 20.1. The van der Waals surface area contributed by atoms with E-state index in [1.54, 1.807) is 65.2 Å². The molecule has 0 radical (unpaired) electrons. The molecule has 0 aliphatic carbocycles. The number of amides is 2. The maximum Gasteiger partial charge on any atom is 0.412 e. The number of alkyl carbamates (subject to hydrolysis) is 1. The van der Waals surface area contributed by atoms with Crippen molar-refractivity contribution in [3.8, 4) is 11.4 Å². The van der Waals surface area contributed by atoms with Crippen LogP contribution in [0.4, 0.5) is 15.3 Å². The van der Waals surface area contributed by atoms with E-state index in [1.807, 2.05) is 18.2 Å². The second kappa shape index (κ2) is 13.3. The fraction of sp³-hybridized carbons (Fsp3) is 0.459. The lowest BCUT2D eigenvalue weighted by Gasteiger charge is -2.35. The number of pyridine rings is 2. The molecule has 0 fully saturated rings. The summed E-state index contributed by atoms with van der Waals surface area (Å²) in [5.74, 6) is -1.73. The van der Waals surface area contributed by atoms with E-state index in [0.717, 1.165) is 22.2 Å². The number of hydrogen-bond acceptors (Lipinski definition) is 10. The summed E-state index contributed by atoms with van der Waals surface area (Å²) in [6.45, 7) is 19.9. The maximum absolute atomic E-state index is 14.3. The van der Waals surface area contributed by atoms with Gasteiger partial charge < -0.3 is 28.8 Å². The molecule has 5 rings (SSSR count). The third-order valence-electron chi connectivity index (χ3n) is 8.70. The number of allylic oxidation sites excluding steroid dienone is 1. The van der Waals surface area contributed by atoms with Gasteiger partial charge >= 0.3 is 24.1 Å². The van der Waals surface area contributed by atoms with E-state index < -0.39 is 55.5 Å². The number of nitrogens with zero attached hydrogens (tertiary/aromatic N) is 2. The number of nitrogens with one attached hydrogen (secondary N) is 2. The molecule has 1 aromatic carbocycles. The standard InChI is InChI=1S/C37H46N4O9Si/c1-11-15-51(9,10)30-22-16-21(39-34(46)50-36(6,7)8)13-14-26(22)40-29-23(30)19-41-27(29)17-25-24(31(41)43)20-47-32(44)37(25,12-2)48-28(42)18-38-33(45)49-35(3,4)5/h11,13-14,16-17H,1,12,15,18-20H2,2-10H3,(H,38,45)(H,39,46). The number of cyclic esters (lactones) is 1. The molecule has 0 saturated heterocycles. The van der Waals surface area contributed by atoms with Crippen molar-refractivity contribution in [2.75, 3.05) is 11.9 Å². The number of fused-ring (bicyclic) bond motifs is 5. The van der Waals surface area contributed by atoms with Crippen molar-refractivity contribution >= 4 is 54.0 Å². The Hall–Kier alpha value is -4.98. The van der Waals surface area contributed by atoms with Crippen molar-refractivity contribution in [2.24, 2.45) is 0 Å². The van der Waals surface area contributed by atoms with Gasteiger partial charge in [-0.15, -0.1) is 6.58 Å². The molecule has 3 aromatic rings. The van der Waals surface area contributed by atoms with Gasteiger partial charge in [-0.25, -0.2) is 19.4 Å². The average Bonchev–Trinajstić information content (AvgIpc) is 3.36. The van der Waals surface area contributed by atoms with E-state index in [1.165, 1.54) is 0 Å². The third kappa shape index (κ3) is 7.41. The first-order valence-electron chi connectivity index (χ1n) is 16.9. The summed E-state index contributed by atoms with van der Waals surface area (Å²) >= 11 is 0. The quantitative estimate of drug-likeness (QED) is 0.101. The van der Waals surface area contributed by atoms with Gasteiger partial charge in [-0.05, 0) is 89.0 Å². The summed E-state index contributed by atoms with van der Waals surface area (Å²) in [6.07, 6.45) is 0.456. The van der Waals surface area contributed by atoms with Gasteiger partial charge in [0.25, 0.3) is 5.56 Å². The number of aromatic nitrogens is 2. The summed E-state index contributed by atoms with van der Waals surface area (Å²) < 4.78 is 23.5. The van der Waals surface area contributed by atoms with Gasteiger partial charge in [0.15, 0.2) is 0 Å². The van der Waals surface area contributed by atoms with Crippen LogP contribution in [0, 0.1) is 0 Å². The van der Waals surface area contributed by atoms with Crippen LogP contribution in [0.5, 0.6) is 0 Å². The highest BCUT2D eigenvalue weighted by molar-refractivity contribution is 6.92. The molecule has 2 amide bonds. The zero-order chi connectivity index (χ0) is 37.7. The van der Waals surface area contributed by atoms with Crippen LogP contribution in [0.3, 0.4) is 0 Å². The first-order valence-corrected chi connectivity index (χ1v) is 20.1. The molecular formula is C37H46N4O9Si. The summed E-state index contributed by atoms with van der Waals surface area (Å²) in [5, 5.41) is 7.08. The minimum atomic E-state index is -2.30. The Labute approximate surface area is 297 Å². The largest absolute Gasteiger partial charge is 0.457 e. The van der Waals surface area contributed by atoms with Gasteiger partial charge in [-0.2, -0.15) is 0 Å². The smallest absolute Gasteiger partial charge is 0.412 e. The van der Waals surface area contributed by atoms with E-state index in [0.29, 0.717) is 22.6 Å². The molecule has 2 aliphatic rings. The molecule has 1 atom stereocenters. The van der Waals surface area contributed by atoms with Crippen molar-refractivity contribution in [2.45, 2.75) is 104 Å². The van der Waals surface area contributed by atoms with Crippen LogP contribution in [-0.4, -0.2) is 59.5 Å². The van der Waals surface area contributed by atoms with Crippen molar-refractivity contribution in [3.05, 3.63) is 64.0 Å². The lowest BCUT2D eigenvalue weighted by molar-refractivity contribution is -0.188. The van der Waals surface area contributed by atoms with Crippen LogP contribution in [0.15, 0.2) is 41.7 Å². The highest BCUT2D eigenvalue weighted by Gasteiger charge is 2.50. The van der Waals surface area contributed by atoms with E-state index in [9.17, 15) is 24.0 Å². The zero-order valence-electron chi connectivity index (χ0n) is 30.7. The fourth-order valence-electron chi connectivity index (χ4n) is 6.66. The van der Waals surface area contributed by atoms with E-state index in [-0.39, 0.29) is 36.3 Å². The van der Waals surface area contributed by atoms with Gasteiger partial charge in [0.05, 0.1) is 37.1 Å². The summed E-state index contributed by atoms with van der Waals surface area (Å²) in [6, 6.07) is 7.88. The molecule has 1 unspecified atom stereocenters. The molecule has 14 heteroatoms. The molecule has 2 aromatic heterocycles. The first-order chi connectivity index (χ1) is 23.7. The average molecular weight is 719 g/mol. The molecule has 0 saturated carbocycles. The second-order valence-electron chi connectivity index (χ2n) is 15.4. The third-order valence-corrected chi connectivity index (χ3v) is 11.9. The number of esters is 2. The Bertz CT molecular complexity index is 2020. The maximum atomic E-state index is 14.3. The molecular weight excluding hydrogens is 673 g/mol. The van der Waals surface area contributed by atoms with Crippen LogP contribution in [0.25, 0.3) is 22.3 Å². The Morgan fingerprint density at radius 3 is 2.33 bits per heavy atom. The van der Waals surface area contributed by atoms with E-state index >= 15 is 0 Å². The number of carbonyl (C=O) groups excluding carboxylic acids is 4. The van der Waals surface area contributed by atoms with Gasteiger partial charge in [0.1, 0.15) is 24.4 Å². The number of ether oxygens (including phenoxy) is 4. The van der Waals surface area contributed by atoms with Gasteiger partial charge in [0, 0.05) is 16.6 Å². The molecule has 0 spiro atoms. The van der Waals surface area contributed by atoms with Crippen LogP contribution >= 0.6 is 0 Å². The Kier molecular flexibility index (Phi) is 9.71. The van der Waals surface area contributed by atoms with Gasteiger partial charge in [-0.1, -0.05) is 26.1 Å². The van der Waals surface area contributed by atoms with Gasteiger partial charge in [0.2, 0.25) is 5.60 Å². The minimum Gasteiger partial charge on any atom is -0.457 e. The lowest BCUT2D eigenvalue weighted by atomic mass is 9.85. The Balaban J connectivity index is 1.62. The summed E-state index contributed by atoms with van der Waals surface area (Å²) in [7, 11) is -2.30. The van der Waals surface area contributed by atoms with Crippen LogP contribution in [0.1, 0.15) is 71.6 Å². The van der Waals surface area contributed by atoms with Crippen LogP contribution in [0.2, 0.25) is 19.1 Å². The normalized spacial score (nSPS) is 16.7. The molecule has 0 bridgehead atoms. The van der Waals surface area contributed by atoms with Crippen LogP contribution < -0.4 is 21.4 Å². The monoisotopic (exact) mass is 718 g/mol. The summed E-state index contributed by atoms with van der Waals surface area (Å²) in [4.78, 5) is 70.7. The number of hydrogen-bond donors (Lipinski definition) is 2. The van der Waals surface area contributed by atoms with E-state index in [4.69, 9.17) is 23.9 Å². The Morgan fingerprint density at radius 2 is 1.71 bits per heavy atom. The predicted octanol–water partition coefficient (Wildman–Crippen LogP) is 5.60. The molecule has 272 valence electrons. The molecule has 4 heterocycles. The molecule has 51 heavy (non-hydrogen) atoms. The van der Waals surface area contributed by atoms with Crippen molar-refractivity contribution in [1.82, 2.24) is 14.9 Å². The first kappa shape index (κ1) is 37.3. The van der Waals surface area contributed by atoms with Gasteiger partial charge in [-0.3, -0.25) is 14.9 Å². The highest BCUT2D eigenvalue weighted by Crippen LogP contribution is 2.41. The molecule has 2 N–H and O–H groups in total. The number of rotatable bonds is 8. The van der Waals surface area contributed by atoms with Crippen molar-refractivity contribution in [3.63, 3.8) is 0 Å². The van der Waals surface area contributed by atoms with Crippen molar-refractivity contribution in [1.29, 1.82) is 0 Å². The van der Waals surface area contributed by atoms with E-state index in [2.05, 4.69) is 30.3 Å².